The molecule has 0 bridgehead atoms. The highest BCUT2D eigenvalue weighted by Crippen LogP contribution is 2.30. The molecule has 0 spiro atoms. The van der Waals surface area contributed by atoms with Gasteiger partial charge in [0.1, 0.15) is 5.82 Å². The first-order valence-electron chi connectivity index (χ1n) is 14.3. The minimum absolute atomic E-state index is 0.0807. The van der Waals surface area contributed by atoms with Gasteiger partial charge in [-0.05, 0) is 59.0 Å². The fraction of sp³-hybridized carbons (Fsp3) is 0.333. The molecule has 1 heterocycles. The highest BCUT2D eigenvalue weighted by atomic mass is 19.1. The molecule has 1 atom stereocenters. The van der Waals surface area contributed by atoms with Gasteiger partial charge < -0.3 is 30.3 Å². The Morgan fingerprint density at radius 1 is 0.886 bits per heavy atom. The van der Waals surface area contributed by atoms with E-state index in [0.717, 1.165) is 5.56 Å². The number of amides is 3. The molecule has 1 unspecified atom stereocenters. The van der Waals surface area contributed by atoms with Crippen LogP contribution in [0.2, 0.25) is 0 Å². The molecule has 44 heavy (non-hydrogen) atoms. The van der Waals surface area contributed by atoms with Crippen molar-refractivity contribution >= 4 is 35.3 Å². The molecule has 1 aliphatic heterocycles. The fourth-order valence-electron chi connectivity index (χ4n) is 4.99. The number of carboxylic acid groups (broad SMARTS) is 1. The lowest BCUT2D eigenvalue weighted by Crippen LogP contribution is -2.49. The predicted molar refractivity (Wildman–Crippen MR) is 165 cm³/mol. The van der Waals surface area contributed by atoms with Crippen LogP contribution in [0.15, 0.2) is 66.7 Å². The van der Waals surface area contributed by atoms with Gasteiger partial charge in [-0.2, -0.15) is 0 Å². The van der Waals surface area contributed by atoms with Crippen LogP contribution in [0.5, 0.6) is 0 Å². The van der Waals surface area contributed by atoms with E-state index >= 15 is 0 Å². The number of ether oxygens (including phenoxy) is 1. The number of anilines is 2. The average Bonchev–Trinajstić information content (AvgIpc) is 3.00. The Bertz CT molecular complexity index is 1510. The van der Waals surface area contributed by atoms with Gasteiger partial charge in [0.15, 0.2) is 0 Å². The first-order valence-corrected chi connectivity index (χ1v) is 14.3. The highest BCUT2D eigenvalue weighted by Gasteiger charge is 2.25. The maximum atomic E-state index is 13.5. The summed E-state index contributed by atoms with van der Waals surface area (Å²) < 4.78 is 18.3. The molecule has 1 fully saturated rings. The van der Waals surface area contributed by atoms with Crippen LogP contribution >= 0.6 is 0 Å². The van der Waals surface area contributed by atoms with Crippen LogP contribution < -0.4 is 15.5 Å². The first kappa shape index (κ1) is 32.0. The summed E-state index contributed by atoms with van der Waals surface area (Å²) in [6.07, 6.45) is -0.824. The summed E-state index contributed by atoms with van der Waals surface area (Å²) in [6.45, 7) is 8.01. The Balaban J connectivity index is 1.62. The van der Waals surface area contributed by atoms with E-state index in [9.17, 15) is 28.7 Å². The molecule has 3 aromatic carbocycles. The minimum atomic E-state index is -1.13. The van der Waals surface area contributed by atoms with E-state index in [2.05, 4.69) is 31.4 Å². The molecule has 3 aromatic rings. The molecular weight excluding hydrogens is 567 g/mol. The van der Waals surface area contributed by atoms with Gasteiger partial charge >= 0.3 is 12.1 Å². The highest BCUT2D eigenvalue weighted by molar-refractivity contribution is 6.07. The van der Waals surface area contributed by atoms with E-state index in [0.29, 0.717) is 48.7 Å². The normalized spacial score (nSPS) is 14.0. The molecule has 3 amide bonds. The summed E-state index contributed by atoms with van der Waals surface area (Å²) in [5.74, 6) is -2.54. The average molecular weight is 605 g/mol. The molecule has 0 aromatic heterocycles. The van der Waals surface area contributed by atoms with Crippen molar-refractivity contribution in [2.24, 2.45) is 0 Å². The van der Waals surface area contributed by atoms with E-state index < -0.39 is 36.2 Å². The molecule has 232 valence electrons. The van der Waals surface area contributed by atoms with Crippen molar-refractivity contribution in [2.75, 3.05) is 43.5 Å². The summed E-state index contributed by atoms with van der Waals surface area (Å²) in [5, 5.41) is 15.1. The zero-order valence-corrected chi connectivity index (χ0v) is 25.2. The standard InChI is InChI=1S/C33H37FN4O6/c1-33(2,3)24-10-5-22(6-11-24)30(41)36-27-19-23(9-14-28(27)37-15-17-38(18-16-37)32(43)44-4)31(42)35-26(20-29(39)40)21-7-12-25(34)13-8-21/h5-14,19,26H,15-18,20H2,1-4H3,(H,35,42)(H,36,41)(H,39,40). The monoisotopic (exact) mass is 604 g/mol. The van der Waals surface area contributed by atoms with E-state index in [-0.39, 0.29) is 16.9 Å². The van der Waals surface area contributed by atoms with Crippen molar-refractivity contribution in [3.63, 3.8) is 0 Å². The lowest BCUT2D eigenvalue weighted by atomic mass is 9.86. The van der Waals surface area contributed by atoms with Crippen molar-refractivity contribution in [3.05, 3.63) is 94.8 Å². The molecule has 1 saturated heterocycles. The Labute approximate surface area is 255 Å². The van der Waals surface area contributed by atoms with Gasteiger partial charge in [-0.15, -0.1) is 0 Å². The second-order valence-corrected chi connectivity index (χ2v) is 11.6. The summed E-state index contributed by atoms with van der Waals surface area (Å²) in [7, 11) is 1.33. The zero-order chi connectivity index (χ0) is 32.0. The van der Waals surface area contributed by atoms with Crippen LogP contribution in [-0.4, -0.2) is 67.2 Å². The summed E-state index contributed by atoms with van der Waals surface area (Å²) in [4.78, 5) is 53.9. The number of carbonyl (C=O) groups is 4. The number of hydrogen-bond acceptors (Lipinski definition) is 6. The summed E-state index contributed by atoms with van der Waals surface area (Å²) in [6, 6.07) is 16.5. The maximum absolute atomic E-state index is 13.5. The topological polar surface area (TPSA) is 128 Å². The predicted octanol–water partition coefficient (Wildman–Crippen LogP) is 5.21. The SMILES string of the molecule is COC(=O)N1CCN(c2ccc(C(=O)NC(CC(=O)O)c3ccc(F)cc3)cc2NC(=O)c2ccc(C(C)(C)C)cc2)CC1. The Hall–Kier alpha value is -4.93. The van der Waals surface area contributed by atoms with Crippen LogP contribution in [0.3, 0.4) is 0 Å². The third kappa shape index (κ3) is 7.91. The minimum Gasteiger partial charge on any atom is -0.481 e. The number of methoxy groups -OCH3 is 1. The molecule has 1 aliphatic rings. The smallest absolute Gasteiger partial charge is 0.409 e. The largest absolute Gasteiger partial charge is 0.481 e. The molecule has 0 saturated carbocycles. The van der Waals surface area contributed by atoms with Crippen molar-refractivity contribution in [1.82, 2.24) is 10.2 Å². The van der Waals surface area contributed by atoms with Crippen LogP contribution in [0, 0.1) is 5.82 Å². The van der Waals surface area contributed by atoms with E-state index in [4.69, 9.17) is 4.74 Å². The number of piperazine rings is 1. The van der Waals surface area contributed by atoms with Gasteiger partial charge in [-0.3, -0.25) is 14.4 Å². The fourth-order valence-corrected chi connectivity index (χ4v) is 4.99. The second kappa shape index (κ2) is 13.6. The third-order valence-electron chi connectivity index (χ3n) is 7.53. The van der Waals surface area contributed by atoms with Gasteiger partial charge in [0.2, 0.25) is 0 Å². The third-order valence-corrected chi connectivity index (χ3v) is 7.53. The van der Waals surface area contributed by atoms with Crippen molar-refractivity contribution in [3.8, 4) is 0 Å². The zero-order valence-electron chi connectivity index (χ0n) is 25.2. The van der Waals surface area contributed by atoms with Gasteiger partial charge in [0, 0.05) is 37.3 Å². The summed E-state index contributed by atoms with van der Waals surface area (Å²) >= 11 is 0. The number of nitrogens with one attached hydrogen (secondary N) is 2. The van der Waals surface area contributed by atoms with E-state index in [1.165, 1.54) is 31.4 Å². The van der Waals surface area contributed by atoms with Crippen molar-refractivity contribution in [2.45, 2.75) is 38.6 Å². The van der Waals surface area contributed by atoms with Crippen LogP contribution in [-0.2, 0) is 14.9 Å². The van der Waals surface area contributed by atoms with E-state index in [1.54, 1.807) is 35.2 Å². The Morgan fingerprint density at radius 3 is 2.07 bits per heavy atom. The quantitative estimate of drug-likeness (QED) is 0.322. The molecule has 4 rings (SSSR count). The Kier molecular flexibility index (Phi) is 9.87. The lowest BCUT2D eigenvalue weighted by molar-refractivity contribution is -0.137. The van der Waals surface area contributed by atoms with E-state index in [1.807, 2.05) is 17.0 Å². The number of halogens is 1. The molecule has 11 heteroatoms. The summed E-state index contributed by atoms with van der Waals surface area (Å²) in [5.41, 5.74) is 3.10. The van der Waals surface area contributed by atoms with Crippen LogP contribution in [0.25, 0.3) is 0 Å². The van der Waals surface area contributed by atoms with Gasteiger partial charge in [0.05, 0.1) is 30.9 Å². The number of rotatable bonds is 8. The number of carboxylic acids is 1. The van der Waals surface area contributed by atoms with Gasteiger partial charge in [-0.25, -0.2) is 9.18 Å². The van der Waals surface area contributed by atoms with Gasteiger partial charge in [0.25, 0.3) is 11.8 Å². The van der Waals surface area contributed by atoms with Crippen molar-refractivity contribution < 1.29 is 33.4 Å². The van der Waals surface area contributed by atoms with Gasteiger partial charge in [-0.1, -0.05) is 45.0 Å². The van der Waals surface area contributed by atoms with Crippen molar-refractivity contribution in [1.29, 1.82) is 0 Å². The van der Waals surface area contributed by atoms with Crippen LogP contribution in [0.1, 0.15) is 65.1 Å². The molecule has 0 radical (unpaired) electrons. The molecular formula is C33H37FN4O6. The number of benzene rings is 3. The molecule has 0 aliphatic carbocycles. The second-order valence-electron chi connectivity index (χ2n) is 11.6. The lowest BCUT2D eigenvalue weighted by Gasteiger charge is -2.36. The molecule has 3 N–H and O–H groups in total. The first-order chi connectivity index (χ1) is 20.8. The Morgan fingerprint density at radius 2 is 1.50 bits per heavy atom. The molecule has 10 nitrogen and oxygen atoms in total. The van der Waals surface area contributed by atoms with Crippen LogP contribution in [0.4, 0.5) is 20.6 Å². The number of hydrogen-bond donors (Lipinski definition) is 3. The number of carbonyl (C=O) groups excluding carboxylic acids is 3. The number of nitrogens with zero attached hydrogens (tertiary/aromatic N) is 2. The number of aliphatic carboxylic acids is 1. The maximum Gasteiger partial charge on any atom is 0.409 e.